The average Bonchev–Trinajstić information content (AvgIpc) is 3.11. The van der Waals surface area contributed by atoms with Crippen LogP contribution in [0.1, 0.15) is 30.9 Å². The first kappa shape index (κ1) is 18.7. The minimum Gasteiger partial charge on any atom is -0.379 e. The van der Waals surface area contributed by atoms with Crippen molar-refractivity contribution in [2.24, 2.45) is 0 Å². The lowest BCUT2D eigenvalue weighted by atomic mass is 10.0. The predicted octanol–water partition coefficient (Wildman–Crippen LogP) is 3.47. The number of nitrogens with two attached hydrogens (primary N) is 1. The summed E-state index contributed by atoms with van der Waals surface area (Å²) < 4.78 is 7.34. The molecule has 0 saturated carbocycles. The number of aromatic nitrogens is 3. The molecule has 2 N–H and O–H groups in total. The van der Waals surface area contributed by atoms with Crippen LogP contribution in [0.5, 0.6) is 0 Å². The molecule has 0 aliphatic carbocycles. The minimum atomic E-state index is 0.394. The van der Waals surface area contributed by atoms with E-state index in [0.29, 0.717) is 11.9 Å². The Morgan fingerprint density at radius 2 is 1.79 bits per heavy atom. The van der Waals surface area contributed by atoms with E-state index < -0.39 is 0 Å². The van der Waals surface area contributed by atoms with E-state index in [-0.39, 0.29) is 0 Å². The number of morpholine rings is 1. The molecule has 28 heavy (non-hydrogen) atoms. The summed E-state index contributed by atoms with van der Waals surface area (Å²) in [4.78, 5) is 2.41. The highest BCUT2D eigenvalue weighted by atomic mass is 16.5. The van der Waals surface area contributed by atoms with Crippen molar-refractivity contribution in [1.82, 2.24) is 19.7 Å². The van der Waals surface area contributed by atoms with Crippen LogP contribution >= 0.6 is 0 Å². The van der Waals surface area contributed by atoms with Crippen LogP contribution in [0, 0.1) is 0 Å². The molecule has 0 spiro atoms. The van der Waals surface area contributed by atoms with Gasteiger partial charge in [-0.05, 0) is 35.2 Å². The Balaban J connectivity index is 1.61. The van der Waals surface area contributed by atoms with Gasteiger partial charge in [0, 0.05) is 25.2 Å². The van der Waals surface area contributed by atoms with Crippen LogP contribution in [0.15, 0.2) is 48.5 Å². The molecule has 0 radical (unpaired) electrons. The molecule has 1 aliphatic heterocycles. The van der Waals surface area contributed by atoms with Gasteiger partial charge >= 0.3 is 0 Å². The van der Waals surface area contributed by atoms with Gasteiger partial charge in [-0.3, -0.25) is 9.47 Å². The SMILES string of the molecule is CC(C)c1cccc(-c2nnc(N)n2-c2ccc(CN3CCOCC3)cc2)c1. The second-order valence-corrected chi connectivity index (χ2v) is 7.55. The molecule has 0 bridgehead atoms. The van der Waals surface area contributed by atoms with Crippen molar-refractivity contribution in [1.29, 1.82) is 0 Å². The van der Waals surface area contributed by atoms with Crippen molar-refractivity contribution < 1.29 is 4.74 Å². The van der Waals surface area contributed by atoms with Crippen LogP contribution in [-0.4, -0.2) is 46.0 Å². The summed E-state index contributed by atoms with van der Waals surface area (Å²) in [5.41, 5.74) is 10.7. The van der Waals surface area contributed by atoms with E-state index in [1.54, 1.807) is 0 Å². The van der Waals surface area contributed by atoms with Gasteiger partial charge in [0.15, 0.2) is 5.82 Å². The number of benzene rings is 2. The summed E-state index contributed by atoms with van der Waals surface area (Å²) in [6, 6.07) is 16.9. The molecule has 1 aliphatic rings. The lowest BCUT2D eigenvalue weighted by molar-refractivity contribution is 0.0342. The third kappa shape index (κ3) is 3.93. The molecule has 146 valence electrons. The van der Waals surface area contributed by atoms with Crippen molar-refractivity contribution in [2.75, 3.05) is 32.0 Å². The first-order chi connectivity index (χ1) is 13.6. The van der Waals surface area contributed by atoms with Crippen molar-refractivity contribution in [3.05, 3.63) is 59.7 Å². The van der Waals surface area contributed by atoms with Crippen LogP contribution < -0.4 is 5.73 Å². The fourth-order valence-electron chi connectivity index (χ4n) is 3.54. The molecule has 1 saturated heterocycles. The average molecular weight is 377 g/mol. The second-order valence-electron chi connectivity index (χ2n) is 7.55. The van der Waals surface area contributed by atoms with Gasteiger partial charge in [0.25, 0.3) is 0 Å². The lowest BCUT2D eigenvalue weighted by Crippen LogP contribution is -2.35. The smallest absolute Gasteiger partial charge is 0.226 e. The van der Waals surface area contributed by atoms with Crippen LogP contribution in [-0.2, 0) is 11.3 Å². The van der Waals surface area contributed by atoms with E-state index in [9.17, 15) is 0 Å². The Morgan fingerprint density at radius 1 is 1.04 bits per heavy atom. The van der Waals surface area contributed by atoms with Gasteiger partial charge in [-0.15, -0.1) is 10.2 Å². The molecule has 0 unspecified atom stereocenters. The monoisotopic (exact) mass is 377 g/mol. The molecule has 6 nitrogen and oxygen atoms in total. The third-order valence-corrected chi connectivity index (χ3v) is 5.20. The van der Waals surface area contributed by atoms with Gasteiger partial charge in [-0.25, -0.2) is 0 Å². The van der Waals surface area contributed by atoms with Gasteiger partial charge in [0.1, 0.15) is 0 Å². The maximum atomic E-state index is 6.16. The van der Waals surface area contributed by atoms with E-state index in [1.165, 1.54) is 11.1 Å². The van der Waals surface area contributed by atoms with Gasteiger partial charge in [0.2, 0.25) is 5.95 Å². The summed E-state index contributed by atoms with van der Waals surface area (Å²) in [6.07, 6.45) is 0. The fourth-order valence-corrected chi connectivity index (χ4v) is 3.54. The molecular formula is C22H27N5O. The summed E-state index contributed by atoms with van der Waals surface area (Å²) in [7, 11) is 0. The van der Waals surface area contributed by atoms with Crippen LogP contribution in [0.2, 0.25) is 0 Å². The summed E-state index contributed by atoms with van der Waals surface area (Å²) in [6.45, 7) is 8.90. The summed E-state index contributed by atoms with van der Waals surface area (Å²) in [5, 5.41) is 8.47. The maximum absolute atomic E-state index is 6.16. The van der Waals surface area contributed by atoms with Gasteiger partial charge < -0.3 is 10.5 Å². The number of nitrogens with zero attached hydrogens (tertiary/aromatic N) is 4. The molecule has 2 heterocycles. The van der Waals surface area contributed by atoms with E-state index in [0.717, 1.165) is 49.9 Å². The summed E-state index contributed by atoms with van der Waals surface area (Å²) >= 11 is 0. The van der Waals surface area contributed by atoms with Gasteiger partial charge in [-0.2, -0.15) is 0 Å². The standard InChI is InChI=1S/C22H27N5O/c1-16(2)18-4-3-5-19(14-18)21-24-25-22(23)27(21)20-8-6-17(7-9-20)15-26-10-12-28-13-11-26/h3-9,14,16H,10-13,15H2,1-2H3,(H2,23,25). The van der Waals surface area contributed by atoms with Gasteiger partial charge in [-0.1, -0.05) is 44.2 Å². The molecule has 1 fully saturated rings. The quantitative estimate of drug-likeness (QED) is 0.737. The lowest BCUT2D eigenvalue weighted by Gasteiger charge is -2.26. The van der Waals surface area contributed by atoms with E-state index in [2.05, 4.69) is 77.5 Å². The third-order valence-electron chi connectivity index (χ3n) is 5.20. The molecule has 0 amide bonds. The number of nitrogen functional groups attached to an aromatic ring is 1. The molecule has 1 aromatic heterocycles. The minimum absolute atomic E-state index is 0.394. The Labute approximate surface area is 165 Å². The van der Waals surface area contributed by atoms with Crippen LogP contribution in [0.25, 0.3) is 17.1 Å². The normalized spacial score (nSPS) is 15.2. The van der Waals surface area contributed by atoms with Crippen molar-refractivity contribution in [3.63, 3.8) is 0 Å². The second kappa shape index (κ2) is 8.12. The van der Waals surface area contributed by atoms with Crippen molar-refractivity contribution >= 4 is 5.95 Å². The molecule has 3 aromatic rings. The molecule has 4 rings (SSSR count). The zero-order chi connectivity index (χ0) is 19.5. The van der Waals surface area contributed by atoms with Crippen LogP contribution in [0.3, 0.4) is 0 Å². The van der Waals surface area contributed by atoms with E-state index in [4.69, 9.17) is 10.5 Å². The molecule has 0 atom stereocenters. The first-order valence-electron chi connectivity index (χ1n) is 9.82. The Kier molecular flexibility index (Phi) is 5.41. The predicted molar refractivity (Wildman–Crippen MR) is 111 cm³/mol. The Hall–Kier alpha value is -2.70. The number of hydrogen-bond acceptors (Lipinski definition) is 5. The molecular weight excluding hydrogens is 350 g/mol. The zero-order valence-electron chi connectivity index (χ0n) is 16.5. The highest BCUT2D eigenvalue weighted by molar-refractivity contribution is 5.62. The number of hydrogen-bond donors (Lipinski definition) is 1. The summed E-state index contributed by atoms with van der Waals surface area (Å²) in [5.74, 6) is 1.61. The highest BCUT2D eigenvalue weighted by Crippen LogP contribution is 2.27. The van der Waals surface area contributed by atoms with E-state index >= 15 is 0 Å². The zero-order valence-corrected chi connectivity index (χ0v) is 16.5. The first-order valence-corrected chi connectivity index (χ1v) is 9.82. The molecule has 2 aromatic carbocycles. The Bertz CT molecular complexity index is 926. The van der Waals surface area contributed by atoms with Gasteiger partial charge in [0.05, 0.1) is 18.9 Å². The Morgan fingerprint density at radius 3 is 2.50 bits per heavy atom. The van der Waals surface area contributed by atoms with Crippen LogP contribution in [0.4, 0.5) is 5.95 Å². The largest absolute Gasteiger partial charge is 0.379 e. The van der Waals surface area contributed by atoms with E-state index in [1.807, 2.05) is 4.57 Å². The number of anilines is 1. The topological polar surface area (TPSA) is 69.2 Å². The number of ether oxygens (including phenoxy) is 1. The molecule has 6 heteroatoms. The number of rotatable bonds is 5. The maximum Gasteiger partial charge on any atom is 0.226 e. The fraction of sp³-hybridized carbons (Fsp3) is 0.364. The van der Waals surface area contributed by atoms with Crippen molar-refractivity contribution in [2.45, 2.75) is 26.3 Å². The highest BCUT2D eigenvalue weighted by Gasteiger charge is 2.15. The van der Waals surface area contributed by atoms with Crippen molar-refractivity contribution in [3.8, 4) is 17.1 Å².